The second-order valence-electron chi connectivity index (χ2n) is 16.6. The Balaban J connectivity index is 0.940. The minimum atomic E-state index is 0.0244. The number of hydrogen-bond donors (Lipinski definition) is 0. The van der Waals surface area contributed by atoms with Crippen molar-refractivity contribution < 1.29 is 0 Å². The lowest BCUT2D eigenvalue weighted by molar-refractivity contribution is 0.978. The molecule has 0 unspecified atom stereocenters. The summed E-state index contributed by atoms with van der Waals surface area (Å²) in [6.45, 7) is 0. The van der Waals surface area contributed by atoms with Gasteiger partial charge >= 0.3 is 0 Å². The Morgan fingerprint density at radius 1 is 0.350 bits per heavy atom. The van der Waals surface area contributed by atoms with Gasteiger partial charge in [0.05, 0.1) is 22.1 Å². The van der Waals surface area contributed by atoms with Crippen LogP contribution in [0.1, 0.15) is 17.5 Å². The van der Waals surface area contributed by atoms with E-state index >= 15 is 0 Å². The Bertz CT molecular complexity index is 4210. The van der Waals surface area contributed by atoms with Gasteiger partial charge in [0.25, 0.3) is 11.1 Å². The summed E-state index contributed by atoms with van der Waals surface area (Å²) in [6.07, 6.45) is 6.00. The van der Waals surface area contributed by atoms with Crippen LogP contribution in [0.3, 0.4) is 0 Å². The molecule has 14 rings (SSSR count). The number of rotatable bonds is 2. The SMILES string of the molecule is O=c1c2c(c3cccc4c5cc(-c6ccc7c8ccc(-c9ccc%10c(c9)c9cccc%11c%12ccccc%12c(=O)n%10c%119)cc8c8ccccc8c7c6)ccc5n1c34)CCC=C2. The van der Waals surface area contributed by atoms with Gasteiger partial charge in [-0.15, -0.1) is 0 Å². The summed E-state index contributed by atoms with van der Waals surface area (Å²) in [5.41, 5.74) is 10.5. The van der Waals surface area contributed by atoms with Crippen LogP contribution >= 0.6 is 0 Å². The molecule has 4 aromatic heterocycles. The van der Waals surface area contributed by atoms with Gasteiger partial charge in [0, 0.05) is 43.3 Å². The topological polar surface area (TPSA) is 43.0 Å². The van der Waals surface area contributed by atoms with Gasteiger partial charge in [-0.05, 0) is 121 Å². The Morgan fingerprint density at radius 2 is 0.767 bits per heavy atom. The van der Waals surface area contributed by atoms with E-state index in [2.05, 4.69) is 146 Å². The van der Waals surface area contributed by atoms with Crippen LogP contribution in [-0.4, -0.2) is 8.80 Å². The van der Waals surface area contributed by atoms with E-state index in [1.165, 1.54) is 43.3 Å². The summed E-state index contributed by atoms with van der Waals surface area (Å²) in [6, 6.07) is 56.4. The molecule has 9 aromatic carbocycles. The average molecular weight is 765 g/mol. The Kier molecular flexibility index (Phi) is 6.13. The molecule has 0 aliphatic heterocycles. The fourth-order valence-electron chi connectivity index (χ4n) is 11.0. The summed E-state index contributed by atoms with van der Waals surface area (Å²) in [5.74, 6) is 0. The summed E-state index contributed by atoms with van der Waals surface area (Å²) in [7, 11) is 0. The number of nitrogens with zero attached hydrogens (tertiary/aromatic N) is 2. The molecule has 278 valence electrons. The minimum Gasteiger partial charge on any atom is -0.275 e. The summed E-state index contributed by atoms with van der Waals surface area (Å²) < 4.78 is 3.85. The Morgan fingerprint density at radius 3 is 1.35 bits per heavy atom. The Hall–Kier alpha value is -7.82. The van der Waals surface area contributed by atoms with Crippen molar-refractivity contribution in [2.45, 2.75) is 12.8 Å². The lowest BCUT2D eigenvalue weighted by atomic mass is 9.90. The van der Waals surface area contributed by atoms with E-state index in [1.54, 1.807) is 0 Å². The van der Waals surface area contributed by atoms with Gasteiger partial charge in [-0.1, -0.05) is 127 Å². The molecular weight excluding hydrogens is 733 g/mol. The molecule has 13 aromatic rings. The highest BCUT2D eigenvalue weighted by atomic mass is 16.1. The zero-order valence-corrected chi connectivity index (χ0v) is 32.3. The van der Waals surface area contributed by atoms with Crippen molar-refractivity contribution in [2.24, 2.45) is 0 Å². The maximum Gasteiger partial charge on any atom is 0.263 e. The molecule has 4 nitrogen and oxygen atoms in total. The second-order valence-corrected chi connectivity index (χ2v) is 16.6. The summed E-state index contributed by atoms with van der Waals surface area (Å²) in [5, 5.41) is 15.7. The number of para-hydroxylation sites is 2. The van der Waals surface area contributed by atoms with Crippen molar-refractivity contribution in [2.75, 3.05) is 0 Å². The molecule has 0 radical (unpaired) electrons. The van der Waals surface area contributed by atoms with Crippen LogP contribution in [0, 0.1) is 0 Å². The van der Waals surface area contributed by atoms with Crippen LogP contribution in [0.4, 0.5) is 0 Å². The molecular formula is C56H32N2O2. The van der Waals surface area contributed by atoms with Gasteiger partial charge in [0.1, 0.15) is 0 Å². The lowest BCUT2D eigenvalue weighted by Gasteiger charge is -2.14. The summed E-state index contributed by atoms with van der Waals surface area (Å²) in [4.78, 5) is 27.9. The molecule has 0 N–H and O–H groups in total. The van der Waals surface area contributed by atoms with Crippen LogP contribution in [0.5, 0.6) is 0 Å². The highest BCUT2D eigenvalue weighted by molar-refractivity contribution is 6.27. The van der Waals surface area contributed by atoms with E-state index in [4.69, 9.17) is 0 Å². The van der Waals surface area contributed by atoms with Gasteiger partial charge < -0.3 is 0 Å². The molecule has 0 spiro atoms. The van der Waals surface area contributed by atoms with E-state index < -0.39 is 0 Å². The molecule has 0 bridgehead atoms. The zero-order chi connectivity index (χ0) is 39.4. The van der Waals surface area contributed by atoms with Crippen molar-refractivity contribution in [3.63, 3.8) is 0 Å². The van der Waals surface area contributed by atoms with Crippen LogP contribution in [0.15, 0.2) is 173 Å². The summed E-state index contributed by atoms with van der Waals surface area (Å²) >= 11 is 0. The quantitative estimate of drug-likeness (QED) is 0.165. The molecule has 0 atom stereocenters. The normalized spacial score (nSPS) is 13.3. The average Bonchev–Trinajstić information content (AvgIpc) is 3.83. The molecule has 0 amide bonds. The van der Waals surface area contributed by atoms with Crippen LogP contribution in [0.2, 0.25) is 0 Å². The van der Waals surface area contributed by atoms with Crippen molar-refractivity contribution in [3.05, 3.63) is 196 Å². The van der Waals surface area contributed by atoms with Gasteiger partial charge in [-0.3, -0.25) is 18.4 Å². The smallest absolute Gasteiger partial charge is 0.263 e. The van der Waals surface area contributed by atoms with E-state index in [-0.39, 0.29) is 11.1 Å². The number of fused-ring (bicyclic) bond motifs is 16. The number of allylic oxidation sites excluding steroid dienone is 1. The van der Waals surface area contributed by atoms with Gasteiger partial charge in [0.15, 0.2) is 0 Å². The molecule has 0 saturated heterocycles. The van der Waals surface area contributed by atoms with Crippen molar-refractivity contribution in [3.8, 4) is 22.3 Å². The van der Waals surface area contributed by atoms with Crippen LogP contribution in [0.25, 0.3) is 126 Å². The van der Waals surface area contributed by atoms with Gasteiger partial charge in [-0.25, -0.2) is 0 Å². The van der Waals surface area contributed by atoms with Crippen molar-refractivity contribution in [1.82, 2.24) is 8.80 Å². The largest absolute Gasteiger partial charge is 0.275 e. The highest BCUT2D eigenvalue weighted by Gasteiger charge is 2.22. The predicted molar refractivity (Wildman–Crippen MR) is 252 cm³/mol. The maximum absolute atomic E-state index is 14.0. The molecule has 0 saturated carbocycles. The number of pyridine rings is 2. The molecule has 4 heterocycles. The third kappa shape index (κ3) is 4.05. The van der Waals surface area contributed by atoms with E-state index in [1.807, 2.05) is 33.1 Å². The number of benzene rings is 9. The van der Waals surface area contributed by atoms with Crippen LogP contribution < -0.4 is 11.1 Å². The third-order valence-electron chi connectivity index (χ3n) is 13.7. The lowest BCUT2D eigenvalue weighted by Crippen LogP contribution is -2.19. The van der Waals surface area contributed by atoms with Crippen molar-refractivity contribution >= 4 is 104 Å². The van der Waals surface area contributed by atoms with E-state index in [9.17, 15) is 9.59 Å². The van der Waals surface area contributed by atoms with E-state index in [0.717, 1.165) is 100 Å². The van der Waals surface area contributed by atoms with E-state index in [0.29, 0.717) is 0 Å². The predicted octanol–water partition coefficient (Wildman–Crippen LogP) is 13.3. The standard InChI is InChI=1S/C56H32N2O2/c59-55-45-13-5-3-11-37(45)41-15-7-17-43-49-29-33(21-25-51(49)57(55)53(41)43)31-19-23-39-40-24-20-32(28-48(40)36-10-2-1-9-35(36)47(39)27-31)34-22-26-52-50(30-34)44-18-8-16-42-38-12-4-6-14-46(38)56(60)58(52)54(42)44/h1-3,5-11,13-30H,4,12H2. The van der Waals surface area contributed by atoms with Gasteiger partial charge in [-0.2, -0.15) is 0 Å². The molecule has 0 fully saturated rings. The maximum atomic E-state index is 14.0. The molecule has 1 aliphatic rings. The van der Waals surface area contributed by atoms with Crippen molar-refractivity contribution in [1.29, 1.82) is 0 Å². The first-order chi connectivity index (χ1) is 29.6. The number of aromatic nitrogens is 2. The first-order valence-corrected chi connectivity index (χ1v) is 20.7. The number of aryl methyl sites for hydroxylation is 1. The Labute approximate surface area is 341 Å². The fraction of sp³-hybridized carbons (Fsp3) is 0.0357. The highest BCUT2D eigenvalue weighted by Crippen LogP contribution is 2.42. The molecule has 1 aliphatic carbocycles. The molecule has 60 heavy (non-hydrogen) atoms. The first kappa shape index (κ1) is 32.2. The molecule has 4 heteroatoms. The number of hydrogen-bond acceptors (Lipinski definition) is 2. The zero-order valence-electron chi connectivity index (χ0n) is 32.3. The second kappa shape index (κ2) is 11.4. The first-order valence-electron chi connectivity index (χ1n) is 20.7. The third-order valence-corrected chi connectivity index (χ3v) is 13.7. The van der Waals surface area contributed by atoms with Crippen LogP contribution in [-0.2, 0) is 6.42 Å². The van der Waals surface area contributed by atoms with Gasteiger partial charge in [0.2, 0.25) is 0 Å². The fourth-order valence-corrected chi connectivity index (χ4v) is 11.0. The monoisotopic (exact) mass is 764 g/mol. The minimum absolute atomic E-state index is 0.0244.